The third kappa shape index (κ3) is 2.96. The fraction of sp³-hybridized carbons (Fsp3) is 0.353. The summed E-state index contributed by atoms with van der Waals surface area (Å²) in [4.78, 5) is 0. The van der Waals surface area contributed by atoms with E-state index in [1.165, 1.54) is 0 Å². The van der Waals surface area contributed by atoms with E-state index in [9.17, 15) is 0 Å². The molecule has 0 saturated carbocycles. The van der Waals surface area contributed by atoms with Crippen LogP contribution in [0.1, 0.15) is 33.3 Å². The Hall–Kier alpha value is -1.54. The van der Waals surface area contributed by atoms with Crippen molar-refractivity contribution in [3.63, 3.8) is 0 Å². The Labute approximate surface area is 121 Å². The number of benzene rings is 1. The van der Waals surface area contributed by atoms with Crippen molar-refractivity contribution in [2.75, 3.05) is 0 Å². The van der Waals surface area contributed by atoms with Crippen molar-refractivity contribution in [3.8, 4) is 0 Å². The Morgan fingerprint density at radius 1 is 1.10 bits per heavy atom. The lowest BCUT2D eigenvalue weighted by Gasteiger charge is -2.32. The lowest BCUT2D eigenvalue weighted by atomic mass is 9.85. The van der Waals surface area contributed by atoms with Gasteiger partial charge in [-0.15, -0.1) is 5.73 Å². The van der Waals surface area contributed by atoms with Gasteiger partial charge in [0.05, 0.1) is 11.2 Å². The quantitative estimate of drug-likeness (QED) is 0.468. The zero-order valence-corrected chi connectivity index (χ0v) is 12.6. The van der Waals surface area contributed by atoms with Crippen molar-refractivity contribution in [1.82, 2.24) is 0 Å². The highest BCUT2D eigenvalue weighted by Crippen LogP contribution is 2.37. The molecule has 1 aliphatic rings. The minimum Gasteiger partial charge on any atom is -0.400 e. The van der Waals surface area contributed by atoms with Crippen molar-refractivity contribution in [3.05, 3.63) is 60.3 Å². The Bertz CT molecular complexity index is 536. The van der Waals surface area contributed by atoms with E-state index in [4.69, 9.17) is 9.31 Å². The van der Waals surface area contributed by atoms with Gasteiger partial charge in [-0.05, 0) is 50.9 Å². The maximum atomic E-state index is 6.00. The van der Waals surface area contributed by atoms with Gasteiger partial charge >= 0.3 is 7.12 Å². The first kappa shape index (κ1) is 14.9. The SMILES string of the molecule is C=C=C/C(=C/B1OC(C)(C)C(C)(C)O1)c1ccccc1. The molecule has 104 valence electrons. The molecule has 1 fully saturated rings. The van der Waals surface area contributed by atoms with Crippen LogP contribution in [0.5, 0.6) is 0 Å². The van der Waals surface area contributed by atoms with E-state index in [0.717, 1.165) is 11.1 Å². The molecular weight excluding hydrogens is 247 g/mol. The van der Waals surface area contributed by atoms with Crippen LogP contribution in [-0.2, 0) is 9.31 Å². The summed E-state index contributed by atoms with van der Waals surface area (Å²) < 4.78 is 12.0. The van der Waals surface area contributed by atoms with Crippen LogP contribution in [0.25, 0.3) is 5.57 Å². The topological polar surface area (TPSA) is 18.5 Å². The molecule has 0 unspecified atom stereocenters. The van der Waals surface area contributed by atoms with E-state index < -0.39 is 0 Å². The predicted molar refractivity (Wildman–Crippen MR) is 84.2 cm³/mol. The van der Waals surface area contributed by atoms with E-state index >= 15 is 0 Å². The van der Waals surface area contributed by atoms with Gasteiger partial charge in [-0.3, -0.25) is 0 Å². The van der Waals surface area contributed by atoms with E-state index in [1.54, 1.807) is 0 Å². The molecule has 2 nitrogen and oxygen atoms in total. The largest absolute Gasteiger partial charge is 0.487 e. The molecule has 0 N–H and O–H groups in total. The fourth-order valence-electron chi connectivity index (χ4n) is 2.07. The number of rotatable bonds is 3. The van der Waals surface area contributed by atoms with Gasteiger partial charge in [0.15, 0.2) is 0 Å². The first-order valence-corrected chi connectivity index (χ1v) is 6.84. The Morgan fingerprint density at radius 2 is 1.65 bits per heavy atom. The number of allylic oxidation sites excluding steroid dienone is 2. The van der Waals surface area contributed by atoms with Crippen LogP contribution in [-0.4, -0.2) is 18.3 Å². The zero-order chi connectivity index (χ0) is 14.8. The average molecular weight is 268 g/mol. The molecule has 20 heavy (non-hydrogen) atoms. The third-order valence-electron chi connectivity index (χ3n) is 3.95. The van der Waals surface area contributed by atoms with Crippen LogP contribution in [0.3, 0.4) is 0 Å². The molecule has 0 aromatic heterocycles. The standard InChI is InChI=1S/C17H21BO2/c1-6-10-15(14-11-8-7-9-12-14)13-18-19-16(2,3)17(4,5)20-18/h7-13H,1H2,2-5H3/b15-13-. The summed E-state index contributed by atoms with van der Waals surface area (Å²) in [5.41, 5.74) is 4.27. The Kier molecular flexibility index (Phi) is 4.05. The molecule has 1 saturated heterocycles. The fourth-order valence-corrected chi connectivity index (χ4v) is 2.07. The molecule has 1 aromatic rings. The predicted octanol–water partition coefficient (Wildman–Crippen LogP) is 4.04. The average Bonchev–Trinajstić information content (AvgIpc) is 2.58. The van der Waals surface area contributed by atoms with Crippen LogP contribution >= 0.6 is 0 Å². The minimum atomic E-state index is -0.361. The molecule has 1 aliphatic heterocycles. The zero-order valence-electron chi connectivity index (χ0n) is 12.6. The minimum absolute atomic E-state index is 0.326. The summed E-state index contributed by atoms with van der Waals surface area (Å²) in [5, 5.41) is 0. The van der Waals surface area contributed by atoms with Crippen molar-refractivity contribution in [2.45, 2.75) is 38.9 Å². The maximum Gasteiger partial charge on any atom is 0.487 e. The summed E-state index contributed by atoms with van der Waals surface area (Å²) >= 11 is 0. The smallest absolute Gasteiger partial charge is 0.400 e. The molecule has 0 radical (unpaired) electrons. The molecule has 0 bridgehead atoms. The van der Waals surface area contributed by atoms with Gasteiger partial charge in [0.1, 0.15) is 0 Å². The van der Waals surface area contributed by atoms with Gasteiger partial charge in [0, 0.05) is 0 Å². The second kappa shape index (κ2) is 5.45. The summed E-state index contributed by atoms with van der Waals surface area (Å²) in [5.74, 6) is 1.98. The first-order chi connectivity index (χ1) is 9.36. The molecule has 1 heterocycles. The van der Waals surface area contributed by atoms with Crippen LogP contribution < -0.4 is 0 Å². The van der Waals surface area contributed by atoms with Crippen LogP contribution in [0, 0.1) is 0 Å². The van der Waals surface area contributed by atoms with Crippen molar-refractivity contribution in [2.24, 2.45) is 0 Å². The summed E-state index contributed by atoms with van der Waals surface area (Å²) in [6, 6.07) is 10.1. The molecule has 0 amide bonds. The Balaban J connectivity index is 2.31. The molecule has 0 spiro atoms. The maximum absolute atomic E-state index is 6.00. The highest BCUT2D eigenvalue weighted by Gasteiger charge is 2.50. The first-order valence-electron chi connectivity index (χ1n) is 6.84. The molecular formula is C17H21BO2. The van der Waals surface area contributed by atoms with Crippen molar-refractivity contribution in [1.29, 1.82) is 0 Å². The van der Waals surface area contributed by atoms with Crippen LogP contribution in [0.2, 0.25) is 0 Å². The lowest BCUT2D eigenvalue weighted by molar-refractivity contribution is 0.00578. The van der Waals surface area contributed by atoms with Gasteiger partial charge < -0.3 is 9.31 Å². The summed E-state index contributed by atoms with van der Waals surface area (Å²) in [6.45, 7) is 11.8. The van der Waals surface area contributed by atoms with Crippen LogP contribution in [0.15, 0.2) is 54.7 Å². The highest BCUT2D eigenvalue weighted by atomic mass is 16.7. The molecule has 0 atom stereocenters. The van der Waals surface area contributed by atoms with Crippen molar-refractivity contribution >= 4 is 12.7 Å². The van der Waals surface area contributed by atoms with Gasteiger partial charge in [-0.2, -0.15) is 0 Å². The molecule has 2 rings (SSSR count). The molecule has 0 aliphatic carbocycles. The normalized spacial score (nSPS) is 20.6. The Morgan fingerprint density at radius 3 is 2.15 bits per heavy atom. The van der Waals surface area contributed by atoms with Crippen LogP contribution in [0.4, 0.5) is 0 Å². The van der Waals surface area contributed by atoms with E-state index in [0.29, 0.717) is 0 Å². The van der Waals surface area contributed by atoms with Gasteiger partial charge in [0.25, 0.3) is 0 Å². The third-order valence-corrected chi connectivity index (χ3v) is 3.95. The van der Waals surface area contributed by atoms with E-state index in [2.05, 4.69) is 12.3 Å². The summed E-state index contributed by atoms with van der Waals surface area (Å²) in [6.07, 6.45) is 1.85. The van der Waals surface area contributed by atoms with Gasteiger partial charge in [0.2, 0.25) is 0 Å². The second-order valence-corrected chi connectivity index (χ2v) is 5.96. The lowest BCUT2D eigenvalue weighted by Crippen LogP contribution is -2.41. The van der Waals surface area contributed by atoms with E-state index in [-0.39, 0.29) is 18.3 Å². The van der Waals surface area contributed by atoms with Gasteiger partial charge in [-0.25, -0.2) is 0 Å². The van der Waals surface area contributed by atoms with Gasteiger partial charge in [-0.1, -0.05) is 36.9 Å². The number of hydrogen-bond acceptors (Lipinski definition) is 2. The second-order valence-electron chi connectivity index (χ2n) is 5.96. The monoisotopic (exact) mass is 268 g/mol. The highest BCUT2D eigenvalue weighted by molar-refractivity contribution is 6.53. The molecule has 1 aromatic carbocycles. The van der Waals surface area contributed by atoms with Crippen molar-refractivity contribution < 1.29 is 9.31 Å². The van der Waals surface area contributed by atoms with E-state index in [1.807, 2.05) is 70.1 Å². The number of hydrogen-bond donors (Lipinski definition) is 0. The summed E-state index contributed by atoms with van der Waals surface area (Å²) in [7, 11) is -0.361. The molecule has 3 heteroatoms.